The molecule has 2 N–H and O–H groups in total. The van der Waals surface area contributed by atoms with E-state index in [0.717, 1.165) is 0 Å². The molecule has 0 unspecified atom stereocenters. The maximum atomic E-state index is 11.2. The Hall–Kier alpha value is -1.13. The fourth-order valence-electron chi connectivity index (χ4n) is 0.690. The molecule has 13 heavy (non-hydrogen) atoms. The summed E-state index contributed by atoms with van der Waals surface area (Å²) in [4.78, 5) is 15.0. The van der Waals surface area contributed by atoms with Crippen LogP contribution in [-0.2, 0) is 0 Å². The van der Waals surface area contributed by atoms with E-state index in [0.29, 0.717) is 5.56 Å². The molecule has 0 fully saturated rings. The largest absolute Gasteiger partial charge is 0.380 e. The molecule has 0 aliphatic carbocycles. The topological polar surface area (TPSA) is 68.3 Å². The predicted octanol–water partition coefficient (Wildman–Crippen LogP) is 1.20. The average molecular weight is 220 g/mol. The van der Waals surface area contributed by atoms with Gasteiger partial charge in [0, 0.05) is 29.7 Å². The van der Waals surface area contributed by atoms with Crippen molar-refractivity contribution in [2.45, 2.75) is 0 Å². The van der Waals surface area contributed by atoms with Crippen LogP contribution in [0.3, 0.4) is 0 Å². The molecule has 0 atom stereocenters. The quantitative estimate of drug-likeness (QED) is 0.462. The number of aromatic nitrogens is 1. The molecule has 1 aromatic rings. The first-order valence-electron chi connectivity index (χ1n) is 3.15. The summed E-state index contributed by atoms with van der Waals surface area (Å²) in [7, 11) is 0. The summed E-state index contributed by atoms with van der Waals surface area (Å²) in [6.07, 6.45) is 2.99. The van der Waals surface area contributed by atoms with E-state index >= 15 is 0 Å². The molecule has 0 amide bonds. The van der Waals surface area contributed by atoms with Crippen molar-refractivity contribution in [1.82, 2.24) is 4.98 Å². The smallest absolute Gasteiger partial charge is 0.228 e. The number of amidine groups is 1. The Morgan fingerprint density at radius 2 is 2.00 bits per heavy atom. The van der Waals surface area contributed by atoms with Crippen LogP contribution in [0.4, 0.5) is 0 Å². The van der Waals surface area contributed by atoms with Crippen molar-refractivity contribution in [3.63, 3.8) is 0 Å². The van der Waals surface area contributed by atoms with E-state index in [2.05, 4.69) is 9.50 Å². The number of carbonyl (C=O) groups is 1. The molecule has 1 heterocycles. The van der Waals surface area contributed by atoms with Gasteiger partial charge in [-0.25, -0.2) is 0 Å². The molecule has 0 saturated heterocycles. The molecule has 0 saturated carbocycles. The highest BCUT2D eigenvalue weighted by atomic mass is 35.5. The molecule has 0 bridgehead atoms. The summed E-state index contributed by atoms with van der Waals surface area (Å²) in [5.74, 6) is -0.615. The van der Waals surface area contributed by atoms with Crippen LogP contribution >= 0.6 is 24.2 Å². The molecule has 0 aromatic carbocycles. The Bertz CT molecular complexity index is 313. The second-order valence-electron chi connectivity index (χ2n) is 2.03. The van der Waals surface area contributed by atoms with Gasteiger partial charge < -0.3 is 5.73 Å². The van der Waals surface area contributed by atoms with Crippen LogP contribution in [0.5, 0.6) is 0 Å². The van der Waals surface area contributed by atoms with Crippen LogP contribution < -0.4 is 5.73 Å². The maximum absolute atomic E-state index is 11.2. The van der Waals surface area contributed by atoms with Crippen molar-refractivity contribution >= 4 is 35.8 Å². The predicted molar refractivity (Wildman–Crippen MR) is 53.3 cm³/mol. The third-order valence-corrected chi connectivity index (χ3v) is 1.45. The number of nitrogens with two attached hydrogens (primary N) is 1. The van der Waals surface area contributed by atoms with Gasteiger partial charge in [0.05, 0.1) is 0 Å². The molecule has 0 spiro atoms. The number of halogens is 2. The van der Waals surface area contributed by atoms with E-state index < -0.39 is 5.78 Å². The molecule has 0 aliphatic rings. The number of Topliss-reactive ketones (excluding diaryl/α,β-unsaturated/α-hetero) is 1. The monoisotopic (exact) mass is 219 g/mol. The Balaban J connectivity index is 0.00000144. The van der Waals surface area contributed by atoms with Gasteiger partial charge in [0.1, 0.15) is 0 Å². The van der Waals surface area contributed by atoms with Crippen LogP contribution in [0.15, 0.2) is 29.0 Å². The third-order valence-electron chi connectivity index (χ3n) is 1.27. The lowest BCUT2D eigenvalue weighted by Crippen LogP contribution is -2.22. The van der Waals surface area contributed by atoms with Gasteiger partial charge in [0.2, 0.25) is 5.78 Å². The number of hydrogen-bond acceptors (Lipinski definition) is 3. The van der Waals surface area contributed by atoms with Gasteiger partial charge in [0.25, 0.3) is 0 Å². The highest BCUT2D eigenvalue weighted by molar-refractivity contribution is 6.47. The Morgan fingerprint density at radius 3 is 2.46 bits per heavy atom. The summed E-state index contributed by atoms with van der Waals surface area (Å²) in [6.45, 7) is 0. The highest BCUT2D eigenvalue weighted by Crippen LogP contribution is 1.98. The minimum atomic E-state index is -0.396. The van der Waals surface area contributed by atoms with Crippen molar-refractivity contribution < 1.29 is 4.79 Å². The Morgan fingerprint density at radius 1 is 1.46 bits per heavy atom. The average Bonchev–Trinajstić information content (AvgIpc) is 2.17. The fraction of sp³-hybridized carbons (Fsp3) is 0. The van der Waals surface area contributed by atoms with Crippen LogP contribution in [0.1, 0.15) is 10.4 Å². The second kappa shape index (κ2) is 5.50. The first-order chi connectivity index (χ1) is 5.75. The number of rotatable bonds is 2. The van der Waals surface area contributed by atoms with Gasteiger partial charge in [-0.3, -0.25) is 9.78 Å². The zero-order valence-electron chi connectivity index (χ0n) is 6.48. The highest BCUT2D eigenvalue weighted by Gasteiger charge is 2.08. The summed E-state index contributed by atoms with van der Waals surface area (Å²) in [6, 6.07) is 3.08. The van der Waals surface area contributed by atoms with Gasteiger partial charge in [-0.1, -0.05) is 0 Å². The van der Waals surface area contributed by atoms with E-state index in [4.69, 9.17) is 17.5 Å². The van der Waals surface area contributed by atoms with Gasteiger partial charge in [-0.05, 0) is 12.1 Å². The molecular formula is C7H7Cl2N3O. The third kappa shape index (κ3) is 3.01. The zero-order chi connectivity index (χ0) is 8.97. The lowest BCUT2D eigenvalue weighted by atomic mass is 10.2. The fourth-order valence-corrected chi connectivity index (χ4v) is 0.766. The van der Waals surface area contributed by atoms with Crippen molar-refractivity contribution in [2.24, 2.45) is 10.2 Å². The van der Waals surface area contributed by atoms with Crippen LogP contribution in [0.25, 0.3) is 0 Å². The van der Waals surface area contributed by atoms with Gasteiger partial charge in [-0.15, -0.1) is 12.4 Å². The molecule has 0 aliphatic heterocycles. The Kier molecular flexibility index (Phi) is 5.03. The van der Waals surface area contributed by atoms with E-state index in [1.54, 1.807) is 0 Å². The van der Waals surface area contributed by atoms with Crippen molar-refractivity contribution in [2.75, 3.05) is 0 Å². The van der Waals surface area contributed by atoms with Gasteiger partial charge in [0.15, 0.2) is 5.84 Å². The normalized spacial score (nSPS) is 10.4. The van der Waals surface area contributed by atoms with Crippen molar-refractivity contribution in [3.8, 4) is 0 Å². The summed E-state index contributed by atoms with van der Waals surface area (Å²) < 4.78 is 3.06. The van der Waals surface area contributed by atoms with E-state index in [-0.39, 0.29) is 18.2 Å². The number of carbonyl (C=O) groups excluding carboxylic acids is 1. The van der Waals surface area contributed by atoms with E-state index in [1.165, 1.54) is 24.5 Å². The number of nitrogens with zero attached hydrogens (tertiary/aromatic N) is 2. The lowest BCUT2D eigenvalue weighted by molar-refractivity contribution is 0.106. The molecule has 1 aromatic heterocycles. The lowest BCUT2D eigenvalue weighted by Gasteiger charge is -1.95. The van der Waals surface area contributed by atoms with Gasteiger partial charge in [-0.2, -0.15) is 4.51 Å². The summed E-state index contributed by atoms with van der Waals surface area (Å²) in [5.41, 5.74) is 5.62. The number of hydrogen-bond donors (Lipinski definition) is 1. The van der Waals surface area contributed by atoms with E-state index in [9.17, 15) is 4.79 Å². The molecule has 0 radical (unpaired) electrons. The molecule has 70 valence electrons. The van der Waals surface area contributed by atoms with Crippen LogP contribution in [0, 0.1) is 0 Å². The first-order valence-corrected chi connectivity index (χ1v) is 3.48. The zero-order valence-corrected chi connectivity index (χ0v) is 8.05. The van der Waals surface area contributed by atoms with Crippen molar-refractivity contribution in [3.05, 3.63) is 30.1 Å². The number of ketones is 1. The van der Waals surface area contributed by atoms with Crippen molar-refractivity contribution in [1.29, 1.82) is 0 Å². The Labute approximate surface area is 86.3 Å². The maximum Gasteiger partial charge on any atom is 0.228 e. The van der Waals surface area contributed by atoms with Crippen LogP contribution in [0.2, 0.25) is 0 Å². The second-order valence-corrected chi connectivity index (χ2v) is 2.20. The SMILES string of the molecule is Cl.N/C(=N\Cl)C(=O)c1ccncc1. The van der Waals surface area contributed by atoms with Crippen LogP contribution in [-0.4, -0.2) is 16.6 Å². The first kappa shape index (κ1) is 11.9. The minimum Gasteiger partial charge on any atom is -0.380 e. The number of pyridine rings is 1. The van der Waals surface area contributed by atoms with Gasteiger partial charge >= 0.3 is 0 Å². The standard InChI is InChI=1S/C7H6ClN3O.ClH/c8-11-7(9)6(12)5-1-3-10-4-2-5;/h1-4H,(H2,9,11);1H. The van der Waals surface area contributed by atoms with E-state index in [1.807, 2.05) is 0 Å². The molecule has 1 rings (SSSR count). The molecule has 4 nitrogen and oxygen atoms in total. The summed E-state index contributed by atoms with van der Waals surface area (Å²) >= 11 is 5.02. The molecular weight excluding hydrogens is 213 g/mol. The summed E-state index contributed by atoms with van der Waals surface area (Å²) in [5, 5.41) is 0. The molecule has 6 heteroatoms. The minimum absolute atomic E-state index is 0.